The van der Waals surface area contributed by atoms with Gasteiger partial charge in [-0.05, 0) is 28.5 Å². The third kappa shape index (κ3) is 1.87. The van der Waals surface area contributed by atoms with Gasteiger partial charge < -0.3 is 4.74 Å². The van der Waals surface area contributed by atoms with Crippen LogP contribution in [0.3, 0.4) is 0 Å². The predicted molar refractivity (Wildman–Crippen MR) is 71.6 cm³/mol. The summed E-state index contributed by atoms with van der Waals surface area (Å²) < 4.78 is 5.24. The molecule has 0 saturated carbocycles. The van der Waals surface area contributed by atoms with Crippen LogP contribution in [0.2, 0.25) is 0 Å². The molecular weight excluding hydrogens is 242 g/mol. The molecule has 0 fully saturated rings. The predicted octanol–water partition coefficient (Wildman–Crippen LogP) is 1.89. The summed E-state index contributed by atoms with van der Waals surface area (Å²) in [6.45, 7) is 0. The molecule has 1 N–H and O–H groups in total. The fraction of sp³-hybridized carbons (Fsp3) is 0.0667. The fourth-order valence-electron chi connectivity index (χ4n) is 2.24. The van der Waals surface area contributed by atoms with E-state index in [0.29, 0.717) is 16.9 Å². The number of benzene rings is 2. The lowest BCUT2D eigenvalue weighted by Crippen LogP contribution is -2.21. The number of carbonyl (C=O) groups excluding carboxylic acids is 2. The van der Waals surface area contributed by atoms with E-state index in [4.69, 9.17) is 4.74 Å². The van der Waals surface area contributed by atoms with Gasteiger partial charge in [-0.1, -0.05) is 24.3 Å². The molecule has 94 valence electrons. The number of hydrogen-bond donors (Lipinski definition) is 1. The minimum Gasteiger partial charge on any atom is -0.497 e. The fourth-order valence-corrected chi connectivity index (χ4v) is 2.24. The quantitative estimate of drug-likeness (QED) is 0.831. The summed E-state index contributed by atoms with van der Waals surface area (Å²) in [4.78, 5) is 23.1. The lowest BCUT2D eigenvalue weighted by molar-refractivity contribution is -0.123. The van der Waals surface area contributed by atoms with Crippen molar-refractivity contribution in [3.05, 3.63) is 48.0 Å². The van der Waals surface area contributed by atoms with Gasteiger partial charge in [-0.3, -0.25) is 14.9 Å². The van der Waals surface area contributed by atoms with Crippen LogP contribution < -0.4 is 10.1 Å². The molecule has 2 aromatic carbocycles. The Morgan fingerprint density at radius 1 is 1.11 bits per heavy atom. The van der Waals surface area contributed by atoms with Crippen LogP contribution in [0.1, 0.15) is 5.56 Å². The van der Waals surface area contributed by atoms with Crippen LogP contribution in [0.5, 0.6) is 5.75 Å². The molecule has 19 heavy (non-hydrogen) atoms. The van der Waals surface area contributed by atoms with Crippen LogP contribution in [0.15, 0.2) is 42.5 Å². The Hall–Kier alpha value is -2.62. The first kappa shape index (κ1) is 11.5. The SMILES string of the molecule is COc1cc(C2=CC(=O)NC2=O)c2ccccc2c1. The summed E-state index contributed by atoms with van der Waals surface area (Å²) in [6.07, 6.45) is 1.32. The maximum absolute atomic E-state index is 11.8. The van der Waals surface area contributed by atoms with Crippen molar-refractivity contribution in [2.24, 2.45) is 0 Å². The number of rotatable bonds is 2. The second-order valence-corrected chi connectivity index (χ2v) is 4.27. The van der Waals surface area contributed by atoms with E-state index in [2.05, 4.69) is 5.32 Å². The standard InChI is InChI=1S/C15H11NO3/c1-19-10-6-9-4-2-3-5-11(9)12(7-10)13-8-14(17)16-15(13)18/h2-8H,1H3,(H,16,17,18). The van der Waals surface area contributed by atoms with Crippen molar-refractivity contribution < 1.29 is 14.3 Å². The molecule has 0 radical (unpaired) electrons. The molecule has 2 amide bonds. The van der Waals surface area contributed by atoms with E-state index in [1.54, 1.807) is 13.2 Å². The van der Waals surface area contributed by atoms with Crippen LogP contribution in [-0.2, 0) is 9.59 Å². The Labute approximate surface area is 109 Å². The zero-order chi connectivity index (χ0) is 13.4. The third-order valence-corrected chi connectivity index (χ3v) is 3.12. The smallest absolute Gasteiger partial charge is 0.258 e. The van der Waals surface area contributed by atoms with Gasteiger partial charge in [0.05, 0.1) is 12.7 Å². The number of methoxy groups -OCH3 is 1. The van der Waals surface area contributed by atoms with Gasteiger partial charge >= 0.3 is 0 Å². The van der Waals surface area contributed by atoms with Gasteiger partial charge in [0.1, 0.15) is 5.75 Å². The summed E-state index contributed by atoms with van der Waals surface area (Å²) in [5.74, 6) is -0.0999. The summed E-state index contributed by atoms with van der Waals surface area (Å²) in [6, 6.07) is 11.3. The van der Waals surface area contributed by atoms with Gasteiger partial charge in [0.15, 0.2) is 0 Å². The molecular formula is C15H11NO3. The average molecular weight is 253 g/mol. The largest absolute Gasteiger partial charge is 0.497 e. The maximum atomic E-state index is 11.8. The van der Waals surface area contributed by atoms with Gasteiger partial charge in [0.2, 0.25) is 0 Å². The van der Waals surface area contributed by atoms with Crippen molar-refractivity contribution in [2.75, 3.05) is 7.11 Å². The number of amides is 2. The lowest BCUT2D eigenvalue weighted by Gasteiger charge is -2.09. The Morgan fingerprint density at radius 2 is 1.89 bits per heavy atom. The summed E-state index contributed by atoms with van der Waals surface area (Å²) in [5.41, 5.74) is 1.08. The molecule has 0 aromatic heterocycles. The minimum atomic E-state index is -0.382. The molecule has 0 aliphatic carbocycles. The van der Waals surface area contributed by atoms with E-state index in [1.165, 1.54) is 6.08 Å². The van der Waals surface area contributed by atoms with Gasteiger partial charge in [0, 0.05) is 6.08 Å². The van der Waals surface area contributed by atoms with E-state index in [0.717, 1.165) is 10.8 Å². The number of nitrogens with one attached hydrogen (secondary N) is 1. The van der Waals surface area contributed by atoms with E-state index >= 15 is 0 Å². The number of ether oxygens (including phenoxy) is 1. The number of hydrogen-bond acceptors (Lipinski definition) is 3. The molecule has 1 heterocycles. The number of fused-ring (bicyclic) bond motifs is 1. The van der Waals surface area contributed by atoms with Gasteiger partial charge in [0.25, 0.3) is 11.8 Å². The molecule has 0 spiro atoms. The van der Waals surface area contributed by atoms with Crippen molar-refractivity contribution in [1.82, 2.24) is 5.32 Å². The first-order valence-corrected chi connectivity index (χ1v) is 5.83. The minimum absolute atomic E-state index is 0.372. The van der Waals surface area contributed by atoms with Crippen molar-refractivity contribution in [1.29, 1.82) is 0 Å². The molecule has 0 unspecified atom stereocenters. The van der Waals surface area contributed by atoms with Gasteiger partial charge in [-0.15, -0.1) is 0 Å². The lowest BCUT2D eigenvalue weighted by atomic mass is 9.98. The molecule has 0 bridgehead atoms. The van der Waals surface area contributed by atoms with Gasteiger partial charge in [-0.25, -0.2) is 0 Å². The van der Waals surface area contributed by atoms with E-state index in [-0.39, 0.29) is 11.8 Å². The Morgan fingerprint density at radius 3 is 2.58 bits per heavy atom. The van der Waals surface area contributed by atoms with Crippen LogP contribution in [-0.4, -0.2) is 18.9 Å². The number of imide groups is 1. The van der Waals surface area contributed by atoms with Crippen molar-refractivity contribution in [2.45, 2.75) is 0 Å². The highest BCUT2D eigenvalue weighted by atomic mass is 16.5. The van der Waals surface area contributed by atoms with Crippen LogP contribution in [0.25, 0.3) is 16.3 Å². The maximum Gasteiger partial charge on any atom is 0.258 e. The molecule has 2 aromatic rings. The van der Waals surface area contributed by atoms with E-state index < -0.39 is 0 Å². The van der Waals surface area contributed by atoms with Crippen molar-refractivity contribution in [3.8, 4) is 5.75 Å². The zero-order valence-corrected chi connectivity index (χ0v) is 10.3. The second-order valence-electron chi connectivity index (χ2n) is 4.27. The van der Waals surface area contributed by atoms with Gasteiger partial charge in [-0.2, -0.15) is 0 Å². The Bertz CT molecular complexity index is 731. The van der Waals surface area contributed by atoms with Crippen molar-refractivity contribution >= 4 is 28.2 Å². The van der Waals surface area contributed by atoms with Crippen molar-refractivity contribution in [3.63, 3.8) is 0 Å². The second kappa shape index (κ2) is 4.24. The summed E-state index contributed by atoms with van der Waals surface area (Å²) in [7, 11) is 1.57. The molecule has 3 rings (SSSR count). The van der Waals surface area contributed by atoms with E-state index in [1.807, 2.05) is 30.3 Å². The average Bonchev–Trinajstić information content (AvgIpc) is 2.76. The summed E-state index contributed by atoms with van der Waals surface area (Å²) >= 11 is 0. The van der Waals surface area contributed by atoms with Crippen LogP contribution in [0, 0.1) is 0 Å². The topological polar surface area (TPSA) is 55.4 Å². The first-order chi connectivity index (χ1) is 9.19. The summed E-state index contributed by atoms with van der Waals surface area (Å²) in [5, 5.41) is 4.14. The zero-order valence-electron chi connectivity index (χ0n) is 10.3. The molecule has 0 saturated heterocycles. The Kier molecular flexibility index (Phi) is 2.56. The number of carbonyl (C=O) groups is 2. The van der Waals surface area contributed by atoms with Crippen LogP contribution >= 0.6 is 0 Å². The monoisotopic (exact) mass is 253 g/mol. The first-order valence-electron chi connectivity index (χ1n) is 5.83. The molecule has 0 atom stereocenters. The third-order valence-electron chi connectivity index (χ3n) is 3.12. The molecule has 1 aliphatic heterocycles. The highest BCUT2D eigenvalue weighted by molar-refractivity contribution is 6.35. The van der Waals surface area contributed by atoms with E-state index in [9.17, 15) is 9.59 Å². The Balaban J connectivity index is 2.30. The van der Waals surface area contributed by atoms with Crippen LogP contribution in [0.4, 0.5) is 0 Å². The normalized spacial score (nSPS) is 14.5. The molecule has 1 aliphatic rings. The highest BCUT2D eigenvalue weighted by Gasteiger charge is 2.24. The molecule has 4 heteroatoms. The highest BCUT2D eigenvalue weighted by Crippen LogP contribution is 2.31. The molecule has 4 nitrogen and oxygen atoms in total.